The van der Waals surface area contributed by atoms with Gasteiger partial charge in [-0.25, -0.2) is 9.78 Å². The number of amides is 2. The number of urea groups is 1. The zero-order chi connectivity index (χ0) is 15.4. The van der Waals surface area contributed by atoms with Gasteiger partial charge in [0.2, 0.25) is 5.88 Å². The third kappa shape index (κ3) is 4.07. The first-order chi connectivity index (χ1) is 9.99. The van der Waals surface area contributed by atoms with Crippen molar-refractivity contribution in [3.63, 3.8) is 0 Å². The van der Waals surface area contributed by atoms with Gasteiger partial charge in [-0.3, -0.25) is 0 Å². The van der Waals surface area contributed by atoms with Gasteiger partial charge in [0.25, 0.3) is 0 Å². The first-order valence-corrected chi connectivity index (χ1v) is 7.18. The first kappa shape index (κ1) is 15.6. The number of hydrogen-bond donors (Lipinski definition) is 1. The highest BCUT2D eigenvalue weighted by atomic mass is 16.5. The highest BCUT2D eigenvalue weighted by Crippen LogP contribution is 2.16. The van der Waals surface area contributed by atoms with Crippen LogP contribution in [-0.2, 0) is 11.3 Å². The lowest BCUT2D eigenvalue weighted by Crippen LogP contribution is -2.51. The largest absolute Gasteiger partial charge is 0.481 e. The summed E-state index contributed by atoms with van der Waals surface area (Å²) in [5, 5.41) is 2.92. The maximum Gasteiger partial charge on any atom is 0.317 e. The number of methoxy groups -OCH3 is 1. The molecule has 0 aliphatic carbocycles. The maximum absolute atomic E-state index is 12.2. The monoisotopic (exact) mass is 293 g/mol. The van der Waals surface area contributed by atoms with Crippen molar-refractivity contribution in [3.8, 4) is 5.88 Å². The Balaban J connectivity index is 1.95. The van der Waals surface area contributed by atoms with Gasteiger partial charge in [-0.2, -0.15) is 0 Å². The second-order valence-corrected chi connectivity index (χ2v) is 5.44. The molecule has 1 saturated heterocycles. The molecule has 1 N–H and O–H groups in total. The Hall–Kier alpha value is -1.82. The van der Waals surface area contributed by atoms with Crippen molar-refractivity contribution in [1.82, 2.24) is 15.2 Å². The summed E-state index contributed by atoms with van der Waals surface area (Å²) in [6.45, 7) is 7.47. The number of hydrogen-bond acceptors (Lipinski definition) is 4. The lowest BCUT2D eigenvalue weighted by atomic mass is 10.2. The third-order valence-corrected chi connectivity index (χ3v) is 3.41. The van der Waals surface area contributed by atoms with Gasteiger partial charge in [0, 0.05) is 30.9 Å². The summed E-state index contributed by atoms with van der Waals surface area (Å²) in [5.74, 6) is 0.555. The average Bonchev–Trinajstić information content (AvgIpc) is 2.44. The quantitative estimate of drug-likeness (QED) is 0.921. The van der Waals surface area contributed by atoms with Crippen molar-refractivity contribution < 1.29 is 14.3 Å². The third-order valence-electron chi connectivity index (χ3n) is 3.41. The molecule has 1 aromatic rings. The van der Waals surface area contributed by atoms with Gasteiger partial charge in [-0.1, -0.05) is 6.07 Å². The van der Waals surface area contributed by atoms with Gasteiger partial charge < -0.3 is 19.7 Å². The van der Waals surface area contributed by atoms with Crippen molar-refractivity contribution >= 4 is 6.03 Å². The molecule has 6 nitrogen and oxygen atoms in total. The van der Waals surface area contributed by atoms with Crippen LogP contribution < -0.4 is 10.1 Å². The van der Waals surface area contributed by atoms with E-state index in [2.05, 4.69) is 10.3 Å². The number of nitrogens with one attached hydrogen (secondary N) is 1. The van der Waals surface area contributed by atoms with Crippen molar-refractivity contribution in [1.29, 1.82) is 0 Å². The number of carbonyl (C=O) groups excluding carboxylic acids is 1. The van der Waals surface area contributed by atoms with Crippen LogP contribution in [-0.4, -0.2) is 48.3 Å². The Bertz CT molecular complexity index is 497. The smallest absolute Gasteiger partial charge is 0.317 e. The topological polar surface area (TPSA) is 63.7 Å². The molecule has 0 bridgehead atoms. The molecule has 2 rings (SSSR count). The van der Waals surface area contributed by atoms with E-state index in [1.807, 2.05) is 32.9 Å². The van der Waals surface area contributed by atoms with Gasteiger partial charge in [0.05, 0.1) is 19.3 Å². The Labute approximate surface area is 125 Å². The molecule has 21 heavy (non-hydrogen) atoms. The molecule has 0 aromatic carbocycles. The highest BCUT2D eigenvalue weighted by molar-refractivity contribution is 5.74. The Morgan fingerprint density at radius 1 is 1.43 bits per heavy atom. The van der Waals surface area contributed by atoms with Gasteiger partial charge in [0.15, 0.2) is 0 Å². The molecule has 2 unspecified atom stereocenters. The molecule has 116 valence electrons. The summed E-state index contributed by atoms with van der Waals surface area (Å²) < 4.78 is 10.9. The number of morpholine rings is 1. The van der Waals surface area contributed by atoms with Crippen LogP contribution in [0, 0.1) is 6.92 Å². The fourth-order valence-electron chi connectivity index (χ4n) is 2.50. The Morgan fingerprint density at radius 3 is 2.71 bits per heavy atom. The summed E-state index contributed by atoms with van der Waals surface area (Å²) >= 11 is 0. The number of aromatic nitrogens is 1. The average molecular weight is 293 g/mol. The second kappa shape index (κ2) is 6.76. The molecule has 1 aliphatic rings. The summed E-state index contributed by atoms with van der Waals surface area (Å²) in [6, 6.07) is 3.74. The van der Waals surface area contributed by atoms with Gasteiger partial charge >= 0.3 is 6.03 Å². The van der Waals surface area contributed by atoms with E-state index in [0.717, 1.165) is 11.3 Å². The van der Waals surface area contributed by atoms with Gasteiger partial charge in [-0.05, 0) is 26.8 Å². The number of ether oxygens (including phenoxy) is 2. The van der Waals surface area contributed by atoms with E-state index in [1.165, 1.54) is 0 Å². The molecule has 0 radical (unpaired) electrons. The summed E-state index contributed by atoms with van der Waals surface area (Å²) in [4.78, 5) is 18.3. The molecular weight excluding hydrogens is 270 g/mol. The van der Waals surface area contributed by atoms with Crippen LogP contribution in [0.2, 0.25) is 0 Å². The second-order valence-electron chi connectivity index (χ2n) is 5.44. The highest BCUT2D eigenvalue weighted by Gasteiger charge is 2.25. The number of aryl methyl sites for hydroxylation is 1. The molecule has 2 atom stereocenters. The predicted octanol–water partition coefficient (Wildman–Crippen LogP) is 1.72. The SMILES string of the molecule is COc1nc(C)ccc1CNC(=O)N1CC(C)OC(C)C1. The molecule has 1 fully saturated rings. The molecule has 1 aliphatic heterocycles. The minimum atomic E-state index is -0.0837. The van der Waals surface area contributed by atoms with Crippen LogP contribution in [0.1, 0.15) is 25.1 Å². The molecule has 2 heterocycles. The Kier molecular flexibility index (Phi) is 5.01. The molecule has 2 amide bonds. The van der Waals surface area contributed by atoms with Gasteiger partial charge in [-0.15, -0.1) is 0 Å². The summed E-state index contributed by atoms with van der Waals surface area (Å²) in [6.07, 6.45) is 0.130. The van der Waals surface area contributed by atoms with E-state index < -0.39 is 0 Å². The molecule has 0 spiro atoms. The lowest BCUT2D eigenvalue weighted by molar-refractivity contribution is -0.0545. The van der Waals surface area contributed by atoms with E-state index >= 15 is 0 Å². The van der Waals surface area contributed by atoms with Crippen LogP contribution >= 0.6 is 0 Å². The zero-order valence-corrected chi connectivity index (χ0v) is 13.0. The minimum absolute atomic E-state index is 0.0649. The number of pyridine rings is 1. The summed E-state index contributed by atoms with van der Waals surface area (Å²) in [7, 11) is 1.58. The van der Waals surface area contributed by atoms with Crippen LogP contribution in [0.5, 0.6) is 5.88 Å². The van der Waals surface area contributed by atoms with Crippen LogP contribution in [0.4, 0.5) is 4.79 Å². The fraction of sp³-hybridized carbons (Fsp3) is 0.600. The van der Waals surface area contributed by atoms with Crippen molar-refractivity contribution in [2.45, 2.75) is 39.5 Å². The standard InChI is InChI=1S/C15H23N3O3/c1-10-5-6-13(14(17-10)20-4)7-16-15(19)18-8-11(2)21-12(3)9-18/h5-6,11-12H,7-9H2,1-4H3,(H,16,19). The number of rotatable bonds is 3. The molecule has 1 aromatic heterocycles. The van der Waals surface area contributed by atoms with Crippen molar-refractivity contribution in [2.75, 3.05) is 20.2 Å². The van der Waals surface area contributed by atoms with Crippen LogP contribution in [0.15, 0.2) is 12.1 Å². The number of nitrogens with zero attached hydrogens (tertiary/aromatic N) is 2. The molecular formula is C15H23N3O3. The van der Waals surface area contributed by atoms with E-state index in [-0.39, 0.29) is 18.2 Å². The fourth-order valence-corrected chi connectivity index (χ4v) is 2.50. The number of carbonyl (C=O) groups is 1. The van der Waals surface area contributed by atoms with Crippen molar-refractivity contribution in [3.05, 3.63) is 23.4 Å². The molecule has 6 heteroatoms. The van der Waals surface area contributed by atoms with E-state index in [0.29, 0.717) is 25.5 Å². The van der Waals surface area contributed by atoms with E-state index in [1.54, 1.807) is 12.0 Å². The molecule has 0 saturated carbocycles. The predicted molar refractivity (Wildman–Crippen MR) is 79.3 cm³/mol. The van der Waals surface area contributed by atoms with E-state index in [9.17, 15) is 4.79 Å². The van der Waals surface area contributed by atoms with E-state index in [4.69, 9.17) is 9.47 Å². The summed E-state index contributed by atoms with van der Waals surface area (Å²) in [5.41, 5.74) is 1.75. The van der Waals surface area contributed by atoms with Gasteiger partial charge in [0.1, 0.15) is 0 Å². The van der Waals surface area contributed by atoms with Crippen molar-refractivity contribution in [2.24, 2.45) is 0 Å². The van der Waals surface area contributed by atoms with Crippen LogP contribution in [0.3, 0.4) is 0 Å². The first-order valence-electron chi connectivity index (χ1n) is 7.18. The normalized spacial score (nSPS) is 22.0. The Morgan fingerprint density at radius 2 is 2.10 bits per heavy atom. The zero-order valence-electron chi connectivity index (χ0n) is 13.0. The maximum atomic E-state index is 12.2. The van der Waals surface area contributed by atoms with Crippen LogP contribution in [0.25, 0.3) is 0 Å². The lowest BCUT2D eigenvalue weighted by Gasteiger charge is -2.35. The minimum Gasteiger partial charge on any atom is -0.481 e.